The molecule has 0 amide bonds. The highest BCUT2D eigenvalue weighted by atomic mass is 35.5. The highest BCUT2D eigenvalue weighted by molar-refractivity contribution is 5.85. The average Bonchev–Trinajstić information content (AvgIpc) is 1.79. The molecule has 0 aliphatic heterocycles. The lowest BCUT2D eigenvalue weighted by Gasteiger charge is -2.30. The van der Waals surface area contributed by atoms with Crippen molar-refractivity contribution in [3.63, 3.8) is 0 Å². The molecule has 66 valence electrons. The molecule has 0 aromatic carbocycles. The van der Waals surface area contributed by atoms with E-state index in [0.717, 1.165) is 12.8 Å². The summed E-state index contributed by atoms with van der Waals surface area (Å²) in [4.78, 5) is 0. The Bertz CT molecular complexity index is 170. The molecule has 0 bridgehead atoms. The minimum Gasteiger partial charge on any atom is -0.325 e. The molecule has 1 atom stereocenters. The molecule has 0 saturated carbocycles. The second-order valence-corrected chi connectivity index (χ2v) is 3.89. The van der Waals surface area contributed by atoms with E-state index < -0.39 is 0 Å². The molecular formula is C9H18ClN. The van der Waals surface area contributed by atoms with Gasteiger partial charge in [0, 0.05) is 5.54 Å². The number of hydrogen-bond donors (Lipinski definition) is 1. The van der Waals surface area contributed by atoms with Crippen molar-refractivity contribution in [1.82, 2.24) is 0 Å². The minimum atomic E-state index is 0. The second-order valence-electron chi connectivity index (χ2n) is 3.89. The van der Waals surface area contributed by atoms with E-state index in [0.29, 0.717) is 0 Å². The molecule has 0 radical (unpaired) electrons. The van der Waals surface area contributed by atoms with Gasteiger partial charge in [0.1, 0.15) is 0 Å². The summed E-state index contributed by atoms with van der Waals surface area (Å²) in [5, 5.41) is 0. The van der Waals surface area contributed by atoms with Crippen molar-refractivity contribution in [2.24, 2.45) is 5.73 Å². The van der Waals surface area contributed by atoms with Crippen LogP contribution in [0.25, 0.3) is 0 Å². The normalized spacial score (nSPS) is 31.6. The molecule has 1 unspecified atom stereocenters. The zero-order valence-corrected chi connectivity index (χ0v) is 8.42. The smallest absolute Gasteiger partial charge is 0.0166 e. The molecule has 2 heteroatoms. The Morgan fingerprint density at radius 1 is 1.27 bits per heavy atom. The van der Waals surface area contributed by atoms with Gasteiger partial charge in [-0.1, -0.05) is 11.1 Å². The number of hydrogen-bond acceptors (Lipinski definition) is 1. The zero-order valence-electron chi connectivity index (χ0n) is 7.61. The maximum absolute atomic E-state index is 6.00. The third-order valence-electron chi connectivity index (χ3n) is 2.47. The Kier molecular flexibility index (Phi) is 3.59. The largest absolute Gasteiger partial charge is 0.325 e. The van der Waals surface area contributed by atoms with Crippen LogP contribution in [0.15, 0.2) is 11.1 Å². The number of nitrogens with two attached hydrogens (primary N) is 1. The topological polar surface area (TPSA) is 26.0 Å². The number of rotatable bonds is 0. The quantitative estimate of drug-likeness (QED) is 0.563. The van der Waals surface area contributed by atoms with Crippen LogP contribution in [0.2, 0.25) is 0 Å². The standard InChI is InChI=1S/C9H17N.ClH/c1-7-4-5-9(3,10)6-8(7)2;/h4-6,10H2,1-3H3;1H. The van der Waals surface area contributed by atoms with Crippen LogP contribution in [0, 0.1) is 0 Å². The fraction of sp³-hybridized carbons (Fsp3) is 0.778. The Morgan fingerprint density at radius 3 is 2.18 bits per heavy atom. The molecule has 1 aliphatic rings. The lowest BCUT2D eigenvalue weighted by atomic mass is 9.81. The SMILES string of the molecule is CC1=C(C)CC(C)(N)CC1.Cl. The third-order valence-corrected chi connectivity index (χ3v) is 2.47. The van der Waals surface area contributed by atoms with Crippen molar-refractivity contribution in [2.75, 3.05) is 0 Å². The van der Waals surface area contributed by atoms with Crippen molar-refractivity contribution in [2.45, 2.75) is 45.6 Å². The summed E-state index contributed by atoms with van der Waals surface area (Å²) in [6, 6.07) is 0. The predicted octanol–water partition coefficient (Wildman–Crippen LogP) is 2.65. The monoisotopic (exact) mass is 175 g/mol. The molecule has 1 nitrogen and oxygen atoms in total. The van der Waals surface area contributed by atoms with Gasteiger partial charge in [0.25, 0.3) is 0 Å². The van der Waals surface area contributed by atoms with Crippen molar-refractivity contribution in [3.05, 3.63) is 11.1 Å². The lowest BCUT2D eigenvalue weighted by molar-refractivity contribution is 0.406. The molecular weight excluding hydrogens is 158 g/mol. The fourth-order valence-corrected chi connectivity index (χ4v) is 1.53. The maximum Gasteiger partial charge on any atom is 0.0166 e. The Morgan fingerprint density at radius 2 is 1.82 bits per heavy atom. The zero-order chi connectivity index (χ0) is 7.78. The fourth-order valence-electron chi connectivity index (χ4n) is 1.53. The van der Waals surface area contributed by atoms with Crippen LogP contribution >= 0.6 is 12.4 Å². The van der Waals surface area contributed by atoms with Gasteiger partial charge in [-0.2, -0.15) is 0 Å². The van der Waals surface area contributed by atoms with E-state index in [1.54, 1.807) is 5.57 Å². The first-order valence-electron chi connectivity index (χ1n) is 3.95. The third kappa shape index (κ3) is 2.84. The van der Waals surface area contributed by atoms with Crippen molar-refractivity contribution >= 4 is 12.4 Å². The van der Waals surface area contributed by atoms with Crippen LogP contribution in [-0.2, 0) is 0 Å². The Labute approximate surface area is 75.5 Å². The molecule has 2 N–H and O–H groups in total. The van der Waals surface area contributed by atoms with Gasteiger partial charge in [-0.3, -0.25) is 0 Å². The molecule has 1 rings (SSSR count). The van der Waals surface area contributed by atoms with Crippen molar-refractivity contribution in [3.8, 4) is 0 Å². The van der Waals surface area contributed by atoms with E-state index in [1.807, 2.05) is 0 Å². The molecule has 0 aromatic heterocycles. The van der Waals surface area contributed by atoms with Crippen LogP contribution in [0.5, 0.6) is 0 Å². The average molecular weight is 176 g/mol. The highest BCUT2D eigenvalue weighted by Gasteiger charge is 2.23. The van der Waals surface area contributed by atoms with Gasteiger partial charge in [0.2, 0.25) is 0 Å². The van der Waals surface area contributed by atoms with E-state index in [-0.39, 0.29) is 17.9 Å². The molecule has 0 spiro atoms. The van der Waals surface area contributed by atoms with Crippen LogP contribution in [0.4, 0.5) is 0 Å². The van der Waals surface area contributed by atoms with Gasteiger partial charge in [0.15, 0.2) is 0 Å². The van der Waals surface area contributed by atoms with Gasteiger partial charge in [-0.25, -0.2) is 0 Å². The maximum atomic E-state index is 6.00. The van der Waals surface area contributed by atoms with Crippen molar-refractivity contribution in [1.29, 1.82) is 0 Å². The lowest BCUT2D eigenvalue weighted by Crippen LogP contribution is -2.38. The molecule has 11 heavy (non-hydrogen) atoms. The van der Waals surface area contributed by atoms with Gasteiger partial charge in [0.05, 0.1) is 0 Å². The van der Waals surface area contributed by atoms with E-state index in [1.165, 1.54) is 12.0 Å². The molecule has 0 heterocycles. The van der Waals surface area contributed by atoms with E-state index in [4.69, 9.17) is 5.73 Å². The van der Waals surface area contributed by atoms with Crippen LogP contribution in [0.1, 0.15) is 40.0 Å². The first kappa shape index (κ1) is 11.0. The Hall–Kier alpha value is -0.0100. The van der Waals surface area contributed by atoms with Gasteiger partial charge >= 0.3 is 0 Å². The van der Waals surface area contributed by atoms with Gasteiger partial charge in [-0.05, 0) is 40.0 Å². The van der Waals surface area contributed by atoms with Gasteiger partial charge in [-0.15, -0.1) is 12.4 Å². The molecule has 0 aromatic rings. The summed E-state index contributed by atoms with van der Waals surface area (Å²) >= 11 is 0. The summed E-state index contributed by atoms with van der Waals surface area (Å²) in [5.74, 6) is 0. The second kappa shape index (κ2) is 3.59. The predicted molar refractivity (Wildman–Crippen MR) is 52.1 cm³/mol. The molecule has 0 saturated heterocycles. The van der Waals surface area contributed by atoms with E-state index >= 15 is 0 Å². The summed E-state index contributed by atoms with van der Waals surface area (Å²) in [7, 11) is 0. The summed E-state index contributed by atoms with van der Waals surface area (Å²) in [6.45, 7) is 6.55. The minimum absolute atomic E-state index is 0. The van der Waals surface area contributed by atoms with Crippen molar-refractivity contribution < 1.29 is 0 Å². The van der Waals surface area contributed by atoms with E-state index in [2.05, 4.69) is 20.8 Å². The number of halogens is 1. The summed E-state index contributed by atoms with van der Waals surface area (Å²) in [6.07, 6.45) is 3.42. The first-order valence-corrected chi connectivity index (χ1v) is 3.95. The first-order chi connectivity index (χ1) is 4.51. The number of allylic oxidation sites excluding steroid dienone is 1. The van der Waals surface area contributed by atoms with Crippen LogP contribution in [-0.4, -0.2) is 5.54 Å². The molecule has 0 fully saturated rings. The van der Waals surface area contributed by atoms with E-state index in [9.17, 15) is 0 Å². The van der Waals surface area contributed by atoms with Crippen LogP contribution in [0.3, 0.4) is 0 Å². The molecule has 1 aliphatic carbocycles. The Balaban J connectivity index is 0.000001000. The summed E-state index contributed by atoms with van der Waals surface area (Å²) < 4.78 is 0. The highest BCUT2D eigenvalue weighted by Crippen LogP contribution is 2.29. The van der Waals surface area contributed by atoms with Crippen LogP contribution < -0.4 is 5.73 Å². The summed E-state index contributed by atoms with van der Waals surface area (Å²) in [5.41, 5.74) is 9.11. The van der Waals surface area contributed by atoms with Gasteiger partial charge < -0.3 is 5.73 Å².